The third-order valence-electron chi connectivity index (χ3n) is 6.49. The number of aryl methyl sites for hydroxylation is 1. The molecule has 1 amide bonds. The van der Waals surface area contributed by atoms with E-state index in [-0.39, 0.29) is 17.5 Å². The standard InChI is InChI=1S/C24H32N2O4/c1-16(2)20-14-21-19(13-23(27)30-22(21)12-17(20)3)15-25-6-4-18(5-7-25)24(28)26-8-10-29-11-9-26/h12-14,16,18H,4-11,15H2,1-3H3. The van der Waals surface area contributed by atoms with Crippen molar-refractivity contribution in [2.24, 2.45) is 5.92 Å². The van der Waals surface area contributed by atoms with Crippen molar-refractivity contribution in [3.8, 4) is 0 Å². The minimum Gasteiger partial charge on any atom is -0.423 e. The van der Waals surface area contributed by atoms with Gasteiger partial charge in [-0.1, -0.05) is 13.8 Å². The van der Waals surface area contributed by atoms with Crippen LogP contribution in [0.15, 0.2) is 27.4 Å². The molecule has 0 radical (unpaired) electrons. The van der Waals surface area contributed by atoms with Gasteiger partial charge in [0.05, 0.1) is 13.2 Å². The van der Waals surface area contributed by atoms with Crippen molar-refractivity contribution in [1.29, 1.82) is 0 Å². The zero-order valence-corrected chi connectivity index (χ0v) is 18.3. The molecule has 0 atom stereocenters. The number of amides is 1. The van der Waals surface area contributed by atoms with Crippen LogP contribution in [0.1, 0.15) is 49.3 Å². The lowest BCUT2D eigenvalue weighted by atomic mass is 9.93. The lowest BCUT2D eigenvalue weighted by Gasteiger charge is -2.35. The molecule has 3 heterocycles. The van der Waals surface area contributed by atoms with E-state index in [1.165, 1.54) is 5.56 Å². The molecule has 0 N–H and O–H groups in total. The van der Waals surface area contributed by atoms with E-state index in [1.54, 1.807) is 6.07 Å². The number of likely N-dealkylation sites (tertiary alicyclic amines) is 1. The SMILES string of the molecule is Cc1cc2oc(=O)cc(CN3CCC(C(=O)N4CCOCC4)CC3)c2cc1C(C)C. The van der Waals surface area contributed by atoms with E-state index in [0.717, 1.165) is 42.4 Å². The van der Waals surface area contributed by atoms with Crippen molar-refractivity contribution < 1.29 is 13.9 Å². The number of ether oxygens (including phenoxy) is 1. The van der Waals surface area contributed by atoms with Gasteiger partial charge in [0.2, 0.25) is 5.91 Å². The average Bonchev–Trinajstić information content (AvgIpc) is 2.73. The van der Waals surface area contributed by atoms with Gasteiger partial charge < -0.3 is 14.1 Å². The number of nitrogens with zero attached hydrogens (tertiary/aromatic N) is 2. The molecular weight excluding hydrogens is 380 g/mol. The van der Waals surface area contributed by atoms with E-state index in [9.17, 15) is 9.59 Å². The van der Waals surface area contributed by atoms with E-state index < -0.39 is 0 Å². The largest absolute Gasteiger partial charge is 0.423 e. The molecule has 4 rings (SSSR count). The molecule has 0 saturated carbocycles. The van der Waals surface area contributed by atoms with Gasteiger partial charge in [0.25, 0.3) is 0 Å². The topological polar surface area (TPSA) is 63.0 Å². The Kier molecular flexibility index (Phi) is 6.25. The van der Waals surface area contributed by atoms with Gasteiger partial charge in [-0.25, -0.2) is 4.79 Å². The second-order valence-electron chi connectivity index (χ2n) is 8.94. The summed E-state index contributed by atoms with van der Waals surface area (Å²) < 4.78 is 10.8. The van der Waals surface area contributed by atoms with Crippen LogP contribution in [0.2, 0.25) is 0 Å². The zero-order chi connectivity index (χ0) is 21.3. The van der Waals surface area contributed by atoms with Gasteiger partial charge in [-0.05, 0) is 67.6 Å². The molecule has 0 bridgehead atoms. The molecule has 2 fully saturated rings. The van der Waals surface area contributed by atoms with Gasteiger partial charge in [0.1, 0.15) is 5.58 Å². The smallest absolute Gasteiger partial charge is 0.336 e. The van der Waals surface area contributed by atoms with Crippen molar-refractivity contribution in [3.05, 3.63) is 45.3 Å². The van der Waals surface area contributed by atoms with Crippen LogP contribution >= 0.6 is 0 Å². The van der Waals surface area contributed by atoms with E-state index >= 15 is 0 Å². The third kappa shape index (κ3) is 4.44. The first-order chi connectivity index (χ1) is 14.4. The molecule has 0 spiro atoms. The molecule has 1 aromatic heterocycles. The molecule has 1 aromatic carbocycles. The molecule has 30 heavy (non-hydrogen) atoms. The molecule has 6 heteroatoms. The summed E-state index contributed by atoms with van der Waals surface area (Å²) in [5, 5.41) is 1.02. The van der Waals surface area contributed by atoms with Crippen LogP contribution in [0.4, 0.5) is 0 Å². The Labute approximate surface area is 177 Å². The highest BCUT2D eigenvalue weighted by atomic mass is 16.5. The number of hydrogen-bond acceptors (Lipinski definition) is 5. The molecule has 2 saturated heterocycles. The van der Waals surface area contributed by atoms with Gasteiger partial charge in [-0.2, -0.15) is 0 Å². The maximum atomic E-state index is 12.8. The molecular formula is C24H32N2O4. The van der Waals surface area contributed by atoms with Crippen LogP contribution in [0, 0.1) is 12.8 Å². The lowest BCUT2D eigenvalue weighted by Crippen LogP contribution is -2.46. The van der Waals surface area contributed by atoms with Crippen molar-refractivity contribution in [2.45, 2.75) is 46.1 Å². The van der Waals surface area contributed by atoms with Crippen LogP contribution in [-0.2, 0) is 16.1 Å². The third-order valence-corrected chi connectivity index (χ3v) is 6.49. The molecule has 0 unspecified atom stereocenters. The summed E-state index contributed by atoms with van der Waals surface area (Å²) >= 11 is 0. The summed E-state index contributed by atoms with van der Waals surface area (Å²) in [4.78, 5) is 29.2. The predicted molar refractivity (Wildman–Crippen MR) is 117 cm³/mol. The summed E-state index contributed by atoms with van der Waals surface area (Å²) in [6, 6.07) is 5.80. The summed E-state index contributed by atoms with van der Waals surface area (Å²) in [5.41, 5.74) is 3.82. The van der Waals surface area contributed by atoms with Crippen LogP contribution in [-0.4, -0.2) is 55.1 Å². The normalized spacial score (nSPS) is 19.0. The molecule has 2 aromatic rings. The van der Waals surface area contributed by atoms with E-state index in [1.807, 2.05) is 11.0 Å². The maximum absolute atomic E-state index is 12.8. The fourth-order valence-electron chi connectivity index (χ4n) is 4.77. The summed E-state index contributed by atoms with van der Waals surface area (Å²) in [6.45, 7) is 11.6. The predicted octanol–water partition coefficient (Wildman–Crippen LogP) is 3.30. The molecule has 0 aliphatic carbocycles. The van der Waals surface area contributed by atoms with Crippen LogP contribution in [0.25, 0.3) is 11.0 Å². The summed E-state index contributed by atoms with van der Waals surface area (Å²) in [6.07, 6.45) is 1.73. The van der Waals surface area contributed by atoms with Crippen LogP contribution < -0.4 is 5.63 Å². The minimum absolute atomic E-state index is 0.104. The van der Waals surface area contributed by atoms with E-state index in [0.29, 0.717) is 44.3 Å². The lowest BCUT2D eigenvalue weighted by molar-refractivity contribution is -0.141. The van der Waals surface area contributed by atoms with Gasteiger partial charge >= 0.3 is 5.63 Å². The maximum Gasteiger partial charge on any atom is 0.336 e. The Morgan fingerprint density at radius 1 is 1.10 bits per heavy atom. The molecule has 2 aliphatic rings. The molecule has 6 nitrogen and oxygen atoms in total. The first-order valence-electron chi connectivity index (χ1n) is 11.1. The highest BCUT2D eigenvalue weighted by molar-refractivity contribution is 5.82. The number of benzene rings is 1. The first-order valence-corrected chi connectivity index (χ1v) is 11.1. The second-order valence-corrected chi connectivity index (χ2v) is 8.94. The molecule has 2 aliphatic heterocycles. The van der Waals surface area contributed by atoms with Crippen LogP contribution in [0.3, 0.4) is 0 Å². The Balaban J connectivity index is 1.48. The number of fused-ring (bicyclic) bond motifs is 1. The number of morpholine rings is 1. The second kappa shape index (κ2) is 8.90. The highest BCUT2D eigenvalue weighted by Crippen LogP contribution is 2.28. The highest BCUT2D eigenvalue weighted by Gasteiger charge is 2.29. The zero-order valence-electron chi connectivity index (χ0n) is 18.3. The quantitative estimate of drug-likeness (QED) is 0.721. The fourth-order valence-corrected chi connectivity index (χ4v) is 4.77. The number of carbonyl (C=O) groups excluding carboxylic acids is 1. The Morgan fingerprint density at radius 3 is 2.47 bits per heavy atom. The van der Waals surface area contributed by atoms with Gasteiger partial charge in [-0.3, -0.25) is 9.69 Å². The number of carbonyl (C=O) groups is 1. The van der Waals surface area contributed by atoms with Gasteiger partial charge in [0, 0.05) is 37.0 Å². The summed E-state index contributed by atoms with van der Waals surface area (Å²) in [5.74, 6) is 0.795. The van der Waals surface area contributed by atoms with Crippen LogP contribution in [0.5, 0.6) is 0 Å². The average molecular weight is 413 g/mol. The summed E-state index contributed by atoms with van der Waals surface area (Å²) in [7, 11) is 0. The van der Waals surface area contributed by atoms with E-state index in [2.05, 4.69) is 31.7 Å². The molecule has 162 valence electrons. The van der Waals surface area contributed by atoms with Crippen molar-refractivity contribution in [2.75, 3.05) is 39.4 Å². The Hall–Kier alpha value is -2.18. The fraction of sp³-hybridized carbons (Fsp3) is 0.583. The number of rotatable bonds is 4. The van der Waals surface area contributed by atoms with E-state index in [4.69, 9.17) is 9.15 Å². The van der Waals surface area contributed by atoms with Gasteiger partial charge in [-0.15, -0.1) is 0 Å². The van der Waals surface area contributed by atoms with Crippen molar-refractivity contribution >= 4 is 16.9 Å². The van der Waals surface area contributed by atoms with Crippen molar-refractivity contribution in [1.82, 2.24) is 9.80 Å². The minimum atomic E-state index is -0.299. The Bertz CT molecular complexity index is 967. The number of hydrogen-bond donors (Lipinski definition) is 0. The monoisotopic (exact) mass is 412 g/mol. The van der Waals surface area contributed by atoms with Crippen molar-refractivity contribution in [3.63, 3.8) is 0 Å². The number of piperidine rings is 1. The van der Waals surface area contributed by atoms with Gasteiger partial charge in [0.15, 0.2) is 0 Å². The first kappa shape index (κ1) is 21.1. The Morgan fingerprint density at radius 2 is 1.80 bits per heavy atom.